The molecule has 0 spiro atoms. The maximum Gasteiger partial charge on any atom is 0.307 e. The molecule has 1 aromatic carbocycles. The zero-order chi connectivity index (χ0) is 22.4. The van der Waals surface area contributed by atoms with E-state index in [9.17, 15) is 4.79 Å². The van der Waals surface area contributed by atoms with Gasteiger partial charge in [0.15, 0.2) is 11.5 Å². The number of hydrogen-bond acceptors (Lipinski definition) is 5. The van der Waals surface area contributed by atoms with Gasteiger partial charge in [-0.2, -0.15) is 5.10 Å². The molecule has 162 valence electrons. The average Bonchev–Trinajstić information content (AvgIpc) is 3.18. The van der Waals surface area contributed by atoms with Crippen LogP contribution >= 0.6 is 15.9 Å². The largest absolute Gasteiger partial charge is 0.489 e. The van der Waals surface area contributed by atoms with Crippen LogP contribution in [0.25, 0.3) is 5.65 Å². The van der Waals surface area contributed by atoms with E-state index in [0.29, 0.717) is 13.2 Å². The molecule has 1 atom stereocenters. The summed E-state index contributed by atoms with van der Waals surface area (Å²) in [7, 11) is 0. The van der Waals surface area contributed by atoms with Crippen LogP contribution in [0.5, 0.6) is 5.75 Å². The molecule has 0 bridgehead atoms. The number of ether oxygens (including phenoxy) is 2. The van der Waals surface area contributed by atoms with Crippen LogP contribution in [0, 0.1) is 11.8 Å². The third-order valence-corrected chi connectivity index (χ3v) is 5.24. The lowest BCUT2D eigenvalue weighted by atomic mass is 9.96. The molecular weight excluding hydrogens is 458 g/mol. The molecule has 0 aliphatic rings. The Kier molecular flexibility index (Phi) is 7.69. The SMILES string of the molecule is CC#CC(CC(=O)OCC)c1ccc(OCc2cc(Br)c3nc(C(C)C)nn3c2)cc1. The smallest absolute Gasteiger partial charge is 0.307 e. The summed E-state index contributed by atoms with van der Waals surface area (Å²) in [4.78, 5) is 16.4. The van der Waals surface area contributed by atoms with Crippen LogP contribution in [-0.2, 0) is 16.1 Å². The van der Waals surface area contributed by atoms with Gasteiger partial charge < -0.3 is 9.47 Å². The molecule has 7 heteroatoms. The van der Waals surface area contributed by atoms with Crippen molar-refractivity contribution in [2.45, 2.75) is 52.6 Å². The van der Waals surface area contributed by atoms with Crippen molar-refractivity contribution in [1.29, 1.82) is 0 Å². The van der Waals surface area contributed by atoms with Crippen molar-refractivity contribution in [2.24, 2.45) is 0 Å². The second-order valence-corrected chi connectivity index (χ2v) is 8.26. The van der Waals surface area contributed by atoms with Crippen LogP contribution in [-0.4, -0.2) is 27.2 Å². The van der Waals surface area contributed by atoms with Crippen LogP contribution in [0.1, 0.15) is 62.9 Å². The zero-order valence-corrected chi connectivity index (χ0v) is 19.8. The van der Waals surface area contributed by atoms with Crippen molar-refractivity contribution in [1.82, 2.24) is 14.6 Å². The van der Waals surface area contributed by atoms with Gasteiger partial charge in [0.2, 0.25) is 0 Å². The van der Waals surface area contributed by atoms with Crippen LogP contribution in [0.3, 0.4) is 0 Å². The Morgan fingerprint density at radius 3 is 2.65 bits per heavy atom. The molecule has 2 heterocycles. The van der Waals surface area contributed by atoms with Crippen LogP contribution in [0.2, 0.25) is 0 Å². The van der Waals surface area contributed by atoms with E-state index in [-0.39, 0.29) is 24.2 Å². The summed E-state index contributed by atoms with van der Waals surface area (Å²) in [5.41, 5.74) is 2.73. The zero-order valence-electron chi connectivity index (χ0n) is 18.2. The molecular formula is C24H26BrN3O3. The molecule has 0 N–H and O–H groups in total. The lowest BCUT2D eigenvalue weighted by molar-refractivity contribution is -0.143. The van der Waals surface area contributed by atoms with Crippen molar-refractivity contribution in [3.05, 3.63) is 58.0 Å². The van der Waals surface area contributed by atoms with Gasteiger partial charge in [-0.05, 0) is 53.5 Å². The van der Waals surface area contributed by atoms with Gasteiger partial charge in [0.05, 0.1) is 23.4 Å². The van der Waals surface area contributed by atoms with Gasteiger partial charge in [-0.15, -0.1) is 5.92 Å². The topological polar surface area (TPSA) is 65.7 Å². The monoisotopic (exact) mass is 483 g/mol. The van der Waals surface area contributed by atoms with Gasteiger partial charge >= 0.3 is 5.97 Å². The number of esters is 1. The number of rotatable bonds is 8. The van der Waals surface area contributed by atoms with Gasteiger partial charge in [0.25, 0.3) is 0 Å². The fraction of sp³-hybridized carbons (Fsp3) is 0.375. The molecule has 31 heavy (non-hydrogen) atoms. The van der Waals surface area contributed by atoms with Crippen LogP contribution in [0.15, 0.2) is 41.0 Å². The molecule has 3 aromatic rings. The number of carbonyl (C=O) groups excluding carboxylic acids is 1. The molecule has 0 saturated carbocycles. The summed E-state index contributed by atoms with van der Waals surface area (Å²) >= 11 is 3.58. The van der Waals surface area contributed by atoms with Gasteiger partial charge in [0, 0.05) is 17.7 Å². The van der Waals surface area contributed by atoms with E-state index in [1.807, 2.05) is 36.5 Å². The first-order valence-corrected chi connectivity index (χ1v) is 11.1. The molecule has 3 rings (SSSR count). The number of carbonyl (C=O) groups is 1. The fourth-order valence-electron chi connectivity index (χ4n) is 3.11. The summed E-state index contributed by atoms with van der Waals surface area (Å²) in [5, 5.41) is 4.54. The summed E-state index contributed by atoms with van der Waals surface area (Å²) in [6, 6.07) is 9.66. The Morgan fingerprint density at radius 2 is 2.00 bits per heavy atom. The number of halogens is 1. The van der Waals surface area contributed by atoms with Gasteiger partial charge in [0.1, 0.15) is 12.4 Å². The van der Waals surface area contributed by atoms with Crippen LogP contribution in [0.4, 0.5) is 0 Å². The summed E-state index contributed by atoms with van der Waals surface area (Å²) in [6.45, 7) is 8.47. The van der Waals surface area contributed by atoms with Crippen molar-refractivity contribution in [3.63, 3.8) is 0 Å². The number of aromatic nitrogens is 3. The Balaban J connectivity index is 1.69. The van der Waals surface area contributed by atoms with Crippen molar-refractivity contribution < 1.29 is 14.3 Å². The highest BCUT2D eigenvalue weighted by Gasteiger charge is 2.15. The summed E-state index contributed by atoms with van der Waals surface area (Å²) in [6.07, 6.45) is 2.17. The minimum Gasteiger partial charge on any atom is -0.489 e. The third kappa shape index (κ3) is 5.86. The van der Waals surface area contributed by atoms with Crippen molar-refractivity contribution in [3.8, 4) is 17.6 Å². The molecule has 2 aromatic heterocycles. The lowest BCUT2D eigenvalue weighted by Gasteiger charge is -2.12. The number of fused-ring (bicyclic) bond motifs is 1. The van der Waals surface area contributed by atoms with Gasteiger partial charge in [-0.1, -0.05) is 31.9 Å². The van der Waals surface area contributed by atoms with E-state index in [4.69, 9.17) is 9.47 Å². The molecule has 0 fully saturated rings. The highest BCUT2D eigenvalue weighted by atomic mass is 79.9. The van der Waals surface area contributed by atoms with Gasteiger partial charge in [-0.25, -0.2) is 9.50 Å². The highest BCUT2D eigenvalue weighted by molar-refractivity contribution is 9.10. The van der Waals surface area contributed by atoms with Gasteiger partial charge in [-0.3, -0.25) is 4.79 Å². The quantitative estimate of drug-likeness (QED) is 0.323. The van der Waals surface area contributed by atoms with Crippen molar-refractivity contribution >= 4 is 27.5 Å². The summed E-state index contributed by atoms with van der Waals surface area (Å²) in [5.74, 6) is 7.35. The first-order valence-electron chi connectivity index (χ1n) is 10.3. The Morgan fingerprint density at radius 1 is 1.26 bits per heavy atom. The Hall–Kier alpha value is -2.85. The second-order valence-electron chi connectivity index (χ2n) is 7.40. The fourth-order valence-corrected chi connectivity index (χ4v) is 3.68. The van der Waals surface area contributed by atoms with E-state index < -0.39 is 0 Å². The minimum absolute atomic E-state index is 0.195. The number of nitrogens with zero attached hydrogens (tertiary/aromatic N) is 3. The number of hydrogen-bond donors (Lipinski definition) is 0. The maximum absolute atomic E-state index is 11.9. The number of benzene rings is 1. The van der Waals surface area contributed by atoms with E-state index in [1.165, 1.54) is 0 Å². The Bertz CT molecular complexity index is 1110. The number of pyridine rings is 1. The predicted molar refractivity (Wildman–Crippen MR) is 123 cm³/mol. The average molecular weight is 484 g/mol. The Labute approximate surface area is 191 Å². The normalized spacial score (nSPS) is 11.8. The molecule has 0 radical (unpaired) electrons. The van der Waals surface area contributed by atoms with E-state index >= 15 is 0 Å². The highest BCUT2D eigenvalue weighted by Crippen LogP contribution is 2.24. The molecule has 6 nitrogen and oxygen atoms in total. The molecule has 0 aliphatic carbocycles. The van der Waals surface area contributed by atoms with Crippen molar-refractivity contribution in [2.75, 3.05) is 6.61 Å². The predicted octanol–water partition coefficient (Wildman–Crippen LogP) is 5.25. The first-order chi connectivity index (χ1) is 14.9. The minimum atomic E-state index is -0.245. The molecule has 1 unspecified atom stereocenters. The molecule has 0 saturated heterocycles. The standard InChI is InChI=1S/C24H26BrN3O3/c1-5-7-19(13-22(29)30-6-2)18-8-10-20(11-9-18)31-15-17-12-21(25)24-26-23(16(3)4)27-28(24)14-17/h8-12,14,16,19H,6,13,15H2,1-4H3. The van der Waals surface area contributed by atoms with E-state index in [1.54, 1.807) is 18.4 Å². The van der Waals surface area contributed by atoms with Crippen LogP contribution < -0.4 is 4.74 Å². The lowest BCUT2D eigenvalue weighted by Crippen LogP contribution is -2.09. The molecule has 0 aliphatic heterocycles. The molecule has 0 amide bonds. The summed E-state index contributed by atoms with van der Waals surface area (Å²) < 4.78 is 13.7. The van der Waals surface area contributed by atoms with E-state index in [2.05, 4.69) is 51.7 Å². The first kappa shape index (κ1) is 22.8. The maximum atomic E-state index is 11.9. The third-order valence-electron chi connectivity index (χ3n) is 4.66. The van der Waals surface area contributed by atoms with E-state index in [0.717, 1.165) is 32.8 Å². The second kappa shape index (κ2) is 10.5.